The summed E-state index contributed by atoms with van der Waals surface area (Å²) in [5.41, 5.74) is 0.389. The van der Waals surface area contributed by atoms with Crippen LogP contribution in [0.3, 0.4) is 0 Å². The number of nitriles is 1. The molecular weight excluding hydrogens is 216 g/mol. The average Bonchev–Trinajstić information content (AvgIpc) is 2.38. The van der Waals surface area contributed by atoms with Gasteiger partial charge in [0.05, 0.1) is 11.1 Å². The Bertz CT molecular complexity index is 615. The Labute approximate surface area is 97.8 Å². The first-order valence-corrected chi connectivity index (χ1v) is 4.92. The zero-order valence-corrected chi connectivity index (χ0v) is 8.79. The van der Waals surface area contributed by atoms with Crippen molar-refractivity contribution in [2.24, 2.45) is 0 Å². The van der Waals surface area contributed by atoms with E-state index in [0.29, 0.717) is 0 Å². The molecule has 1 N–H and O–H groups in total. The van der Waals surface area contributed by atoms with Crippen molar-refractivity contribution < 1.29 is 9.90 Å². The fraction of sp³-hybridized carbons (Fsp3) is 0. The number of carbonyl (C=O) groups is 1. The summed E-state index contributed by atoms with van der Waals surface area (Å²) in [7, 11) is 0. The van der Waals surface area contributed by atoms with Crippen LogP contribution in [0.25, 0.3) is 0 Å². The largest absolute Gasteiger partial charge is 0.507 e. The molecule has 1 aromatic heterocycles. The van der Waals surface area contributed by atoms with Gasteiger partial charge in [-0.05, 0) is 24.3 Å². The summed E-state index contributed by atoms with van der Waals surface area (Å²) < 4.78 is 0. The van der Waals surface area contributed by atoms with E-state index in [4.69, 9.17) is 5.26 Å². The molecule has 1 aromatic carbocycles. The number of nitrogens with zero attached hydrogens (tertiary/aromatic N) is 2. The van der Waals surface area contributed by atoms with Crippen molar-refractivity contribution in [3.8, 4) is 11.8 Å². The first-order chi connectivity index (χ1) is 8.24. The summed E-state index contributed by atoms with van der Waals surface area (Å²) in [5, 5.41) is 18.5. The lowest BCUT2D eigenvalue weighted by molar-refractivity contribution is 0.103. The molecule has 1 heterocycles. The number of phenolic OH excluding ortho intramolecular Hbond substituents is 1. The van der Waals surface area contributed by atoms with E-state index in [0.717, 1.165) is 0 Å². The van der Waals surface area contributed by atoms with Crippen LogP contribution in [0.5, 0.6) is 5.75 Å². The van der Waals surface area contributed by atoms with Crippen LogP contribution in [0.1, 0.15) is 21.6 Å². The highest BCUT2D eigenvalue weighted by Crippen LogP contribution is 2.20. The summed E-state index contributed by atoms with van der Waals surface area (Å²) in [6.45, 7) is 0. The van der Waals surface area contributed by atoms with Crippen LogP contribution in [0.15, 0.2) is 42.6 Å². The number of pyridine rings is 1. The van der Waals surface area contributed by atoms with Gasteiger partial charge in [0.1, 0.15) is 17.5 Å². The third-order valence-electron chi connectivity index (χ3n) is 2.29. The van der Waals surface area contributed by atoms with Gasteiger partial charge in [0, 0.05) is 6.20 Å². The number of aromatic hydroxyl groups is 1. The number of benzene rings is 1. The number of carbonyl (C=O) groups excluding carboxylic acids is 1. The van der Waals surface area contributed by atoms with E-state index in [1.807, 2.05) is 6.07 Å². The van der Waals surface area contributed by atoms with Gasteiger partial charge < -0.3 is 5.11 Å². The highest BCUT2D eigenvalue weighted by Gasteiger charge is 2.17. The van der Waals surface area contributed by atoms with Crippen molar-refractivity contribution in [1.29, 1.82) is 5.26 Å². The number of hydrogen-bond acceptors (Lipinski definition) is 4. The van der Waals surface area contributed by atoms with Crippen LogP contribution in [0.2, 0.25) is 0 Å². The molecule has 0 saturated carbocycles. The summed E-state index contributed by atoms with van der Waals surface area (Å²) in [4.78, 5) is 16.0. The summed E-state index contributed by atoms with van der Waals surface area (Å²) in [6.07, 6.45) is 1.44. The lowest BCUT2D eigenvalue weighted by Crippen LogP contribution is -2.06. The van der Waals surface area contributed by atoms with Gasteiger partial charge >= 0.3 is 0 Å². The Morgan fingerprint density at radius 2 is 2.00 bits per heavy atom. The van der Waals surface area contributed by atoms with E-state index in [1.165, 1.54) is 24.4 Å². The molecule has 0 saturated heterocycles. The van der Waals surface area contributed by atoms with E-state index < -0.39 is 5.78 Å². The smallest absolute Gasteiger partial charge is 0.216 e. The Balaban J connectivity index is 2.53. The fourth-order valence-corrected chi connectivity index (χ4v) is 1.47. The molecule has 0 fully saturated rings. The molecule has 0 radical (unpaired) electrons. The van der Waals surface area contributed by atoms with Crippen LogP contribution < -0.4 is 0 Å². The maximum Gasteiger partial charge on any atom is 0.216 e. The van der Waals surface area contributed by atoms with E-state index in [2.05, 4.69) is 4.98 Å². The molecule has 2 aromatic rings. The summed E-state index contributed by atoms with van der Waals surface area (Å²) in [5.74, 6) is -0.577. The molecule has 4 heteroatoms. The minimum absolute atomic E-state index is 0.0523. The van der Waals surface area contributed by atoms with Crippen molar-refractivity contribution in [2.75, 3.05) is 0 Å². The maximum absolute atomic E-state index is 12.1. The quantitative estimate of drug-likeness (QED) is 0.790. The first-order valence-electron chi connectivity index (χ1n) is 4.92. The first kappa shape index (κ1) is 10.8. The normalized spacial score (nSPS) is 9.59. The van der Waals surface area contributed by atoms with Crippen LogP contribution in [0.4, 0.5) is 0 Å². The molecule has 17 heavy (non-hydrogen) atoms. The highest BCUT2D eigenvalue weighted by molar-refractivity contribution is 6.10. The number of ketones is 1. The Morgan fingerprint density at radius 3 is 2.71 bits per heavy atom. The molecule has 82 valence electrons. The van der Waals surface area contributed by atoms with Crippen molar-refractivity contribution in [3.63, 3.8) is 0 Å². The number of para-hydroxylation sites is 1. The lowest BCUT2D eigenvalue weighted by Gasteiger charge is -2.03. The maximum atomic E-state index is 12.1. The van der Waals surface area contributed by atoms with E-state index in [1.54, 1.807) is 18.2 Å². The second kappa shape index (κ2) is 4.45. The van der Waals surface area contributed by atoms with Gasteiger partial charge in [0.25, 0.3) is 0 Å². The zero-order chi connectivity index (χ0) is 12.3. The standard InChI is InChI=1S/C13H8N2O2/c14-8-9-4-3-7-15-12(9)13(17)10-5-1-2-6-11(10)16/h1-7,16H. The van der Waals surface area contributed by atoms with Crippen LogP contribution in [-0.2, 0) is 0 Å². The zero-order valence-electron chi connectivity index (χ0n) is 8.79. The van der Waals surface area contributed by atoms with Crippen LogP contribution >= 0.6 is 0 Å². The second-order valence-electron chi connectivity index (χ2n) is 3.36. The monoisotopic (exact) mass is 224 g/mol. The van der Waals surface area contributed by atoms with Gasteiger partial charge in [0.2, 0.25) is 5.78 Å². The topological polar surface area (TPSA) is 74.0 Å². The number of aromatic nitrogens is 1. The third kappa shape index (κ3) is 1.99. The predicted octanol–water partition coefficient (Wildman–Crippen LogP) is 1.89. The van der Waals surface area contributed by atoms with Crippen LogP contribution in [-0.4, -0.2) is 15.9 Å². The van der Waals surface area contributed by atoms with Crippen molar-refractivity contribution in [3.05, 3.63) is 59.4 Å². The van der Waals surface area contributed by atoms with Crippen molar-refractivity contribution >= 4 is 5.78 Å². The number of phenols is 1. The average molecular weight is 224 g/mol. The minimum Gasteiger partial charge on any atom is -0.507 e. The van der Waals surface area contributed by atoms with E-state index in [9.17, 15) is 9.90 Å². The molecule has 0 amide bonds. The van der Waals surface area contributed by atoms with Gasteiger partial charge in [-0.1, -0.05) is 12.1 Å². The number of rotatable bonds is 2. The SMILES string of the molecule is N#Cc1cccnc1C(=O)c1ccccc1O. The molecule has 0 spiro atoms. The Hall–Kier alpha value is -2.67. The highest BCUT2D eigenvalue weighted by atomic mass is 16.3. The summed E-state index contributed by atoms with van der Waals surface area (Å²) in [6, 6.07) is 11.2. The van der Waals surface area contributed by atoms with Crippen molar-refractivity contribution in [1.82, 2.24) is 4.98 Å². The van der Waals surface area contributed by atoms with Gasteiger partial charge in [-0.3, -0.25) is 9.78 Å². The Morgan fingerprint density at radius 1 is 1.24 bits per heavy atom. The molecule has 0 unspecified atom stereocenters. The molecule has 4 nitrogen and oxygen atoms in total. The number of hydrogen-bond donors (Lipinski definition) is 1. The summed E-state index contributed by atoms with van der Waals surface area (Å²) >= 11 is 0. The van der Waals surface area contributed by atoms with E-state index >= 15 is 0 Å². The van der Waals surface area contributed by atoms with Gasteiger partial charge in [-0.25, -0.2) is 0 Å². The molecule has 0 aliphatic rings. The second-order valence-corrected chi connectivity index (χ2v) is 3.36. The fourth-order valence-electron chi connectivity index (χ4n) is 1.47. The Kier molecular flexibility index (Phi) is 2.84. The van der Waals surface area contributed by atoms with Gasteiger partial charge in [-0.15, -0.1) is 0 Å². The van der Waals surface area contributed by atoms with Crippen molar-refractivity contribution in [2.45, 2.75) is 0 Å². The molecule has 0 aliphatic carbocycles. The molecule has 0 aliphatic heterocycles. The molecule has 2 rings (SSSR count). The third-order valence-corrected chi connectivity index (χ3v) is 2.29. The minimum atomic E-state index is -0.458. The predicted molar refractivity (Wildman–Crippen MR) is 60.5 cm³/mol. The van der Waals surface area contributed by atoms with Crippen LogP contribution in [0, 0.1) is 11.3 Å². The van der Waals surface area contributed by atoms with Gasteiger partial charge in [0.15, 0.2) is 0 Å². The molecular formula is C13H8N2O2. The molecule has 0 atom stereocenters. The van der Waals surface area contributed by atoms with Gasteiger partial charge in [-0.2, -0.15) is 5.26 Å². The van der Waals surface area contributed by atoms with E-state index in [-0.39, 0.29) is 22.6 Å². The molecule has 0 bridgehead atoms. The lowest BCUT2D eigenvalue weighted by atomic mass is 10.0.